The van der Waals surface area contributed by atoms with Crippen LogP contribution in [0.1, 0.15) is 114 Å². The first-order chi connectivity index (χ1) is 33.2. The lowest BCUT2D eigenvalue weighted by Crippen LogP contribution is -2.40. The van der Waals surface area contributed by atoms with Crippen LogP contribution in [0.25, 0.3) is 34.0 Å². The summed E-state index contributed by atoms with van der Waals surface area (Å²) in [5.74, 6) is 0. The topological polar surface area (TPSA) is 94.7 Å². The van der Waals surface area contributed by atoms with Gasteiger partial charge in [0.05, 0.1) is 24.1 Å². The van der Waals surface area contributed by atoms with Gasteiger partial charge in [0.25, 0.3) is 0 Å². The Morgan fingerprint density at radius 1 is 0.750 bits per heavy atom. The predicted octanol–water partition coefficient (Wildman–Crippen LogP) is 10.8. The molecular formula is C50H60N6O4. The van der Waals surface area contributed by atoms with Gasteiger partial charge in [-0.15, -0.1) is 0 Å². The van der Waals surface area contributed by atoms with Crippen molar-refractivity contribution < 1.29 is 35.5 Å². The Morgan fingerprint density at radius 3 is 1.85 bits per heavy atom. The van der Waals surface area contributed by atoms with Crippen LogP contribution >= 0.6 is 0 Å². The zero-order valence-electron chi connectivity index (χ0n) is 47.5. The summed E-state index contributed by atoms with van der Waals surface area (Å²) in [6, 6.07) is 16.0. The largest absolute Gasteiger partial charge is 0.444 e. The molecule has 0 fully saturated rings. The average Bonchev–Trinajstić information content (AvgIpc) is 3.79. The number of pyridine rings is 2. The molecule has 314 valence electrons. The summed E-state index contributed by atoms with van der Waals surface area (Å²) in [5.41, 5.74) is 4.68. The molecule has 2 amide bonds. The number of hydrogen-bond acceptors (Lipinski definition) is 6. The van der Waals surface area contributed by atoms with Gasteiger partial charge in [-0.2, -0.15) is 0 Å². The van der Waals surface area contributed by atoms with Crippen LogP contribution in [0.4, 0.5) is 9.59 Å². The number of aryl methyl sites for hydroxylation is 6. The van der Waals surface area contributed by atoms with Crippen LogP contribution in [0.5, 0.6) is 0 Å². The predicted molar refractivity (Wildman–Crippen MR) is 241 cm³/mol. The fourth-order valence-electron chi connectivity index (χ4n) is 7.26. The highest BCUT2D eigenvalue weighted by atomic mass is 16.6. The maximum Gasteiger partial charge on any atom is 0.410 e. The number of hydrogen-bond donors (Lipinski definition) is 0. The summed E-state index contributed by atoms with van der Waals surface area (Å²) in [6.07, 6.45) is 0.124. The number of aromatic nitrogens is 4. The van der Waals surface area contributed by atoms with Crippen molar-refractivity contribution in [2.24, 2.45) is 0 Å². The molecule has 60 heavy (non-hydrogen) atoms. The first-order valence-corrected chi connectivity index (χ1v) is 20.0. The minimum Gasteiger partial charge on any atom is -0.444 e. The second-order valence-corrected chi connectivity index (χ2v) is 17.1. The van der Waals surface area contributed by atoms with E-state index in [1.807, 2.05) is 27.7 Å². The van der Waals surface area contributed by atoms with Crippen LogP contribution in [0.2, 0.25) is 0 Å². The third-order valence-corrected chi connectivity index (χ3v) is 10.0. The summed E-state index contributed by atoms with van der Waals surface area (Å²) in [4.78, 5) is 37.1. The zero-order valence-corrected chi connectivity index (χ0v) is 35.5. The molecule has 2 aromatic carbocycles. The van der Waals surface area contributed by atoms with E-state index in [-0.39, 0.29) is 55.0 Å². The summed E-state index contributed by atoms with van der Waals surface area (Å²) >= 11 is 0. The van der Waals surface area contributed by atoms with Crippen molar-refractivity contribution in [3.63, 3.8) is 0 Å². The van der Waals surface area contributed by atoms with E-state index in [1.54, 1.807) is 73.7 Å². The second kappa shape index (κ2) is 17.0. The van der Waals surface area contributed by atoms with E-state index < -0.39 is 50.0 Å². The molecule has 0 radical (unpaired) electrons. The minimum atomic E-state index is -2.56. The summed E-state index contributed by atoms with van der Waals surface area (Å²) in [6.45, 7) is 8.05. The van der Waals surface area contributed by atoms with Crippen LogP contribution in [0.15, 0.2) is 73.1 Å². The van der Waals surface area contributed by atoms with Gasteiger partial charge in [0.15, 0.2) is 0 Å². The summed E-state index contributed by atoms with van der Waals surface area (Å²) in [5, 5.41) is 1.13. The van der Waals surface area contributed by atoms with Crippen LogP contribution in [0.3, 0.4) is 0 Å². The van der Waals surface area contributed by atoms with Crippen molar-refractivity contribution in [3.05, 3.63) is 129 Å². The smallest absolute Gasteiger partial charge is 0.410 e. The van der Waals surface area contributed by atoms with Crippen LogP contribution in [0, 0.1) is 27.6 Å². The number of ether oxygens (including phenoxy) is 2. The SMILES string of the molecule is [2H]C(=C([2H])n1c2c(c3cc(C([2H])([2H])[2H])ccc31)CN(C(=O)OC(C)(C)C)CC2)c1ccc(C)nc1.[2H]C([2H])([2H])c1ccc2c(c1)c1c(n2C([2H])([2H])C([2H])([2H])c2ccc(C)nc2)CCN(C(=O)OC(C)(C)C)C1. The maximum atomic E-state index is 12.8. The highest BCUT2D eigenvalue weighted by Gasteiger charge is 2.31. The quantitative estimate of drug-likeness (QED) is 0.172. The van der Waals surface area contributed by atoms with Gasteiger partial charge in [0, 0.05) is 112 Å². The van der Waals surface area contributed by atoms with E-state index in [0.717, 1.165) is 17.0 Å². The van der Waals surface area contributed by atoms with Gasteiger partial charge in [0.1, 0.15) is 11.2 Å². The molecule has 0 N–H and O–H groups in total. The lowest BCUT2D eigenvalue weighted by Gasteiger charge is -2.30. The Hall–Kier alpha value is -5.90. The Balaban J connectivity index is 0.000000212. The molecule has 0 aliphatic carbocycles. The van der Waals surface area contributed by atoms with Crippen LogP contribution in [-0.2, 0) is 48.3 Å². The second-order valence-electron chi connectivity index (χ2n) is 17.1. The highest BCUT2D eigenvalue weighted by molar-refractivity contribution is 5.90. The number of rotatable bonds is 5. The normalized spacial score (nSPS) is 18.4. The molecule has 0 saturated carbocycles. The highest BCUT2D eigenvalue weighted by Crippen LogP contribution is 2.34. The maximum absolute atomic E-state index is 12.8. The van der Waals surface area contributed by atoms with Crippen LogP contribution in [-0.4, -0.2) is 65.4 Å². The van der Waals surface area contributed by atoms with E-state index in [0.29, 0.717) is 57.3 Å². The van der Waals surface area contributed by atoms with Crippen molar-refractivity contribution in [2.45, 2.75) is 119 Å². The molecule has 0 atom stereocenters. The summed E-state index contributed by atoms with van der Waals surface area (Å²) < 4.78 is 114. The molecule has 0 spiro atoms. The van der Waals surface area contributed by atoms with E-state index in [1.165, 1.54) is 46.0 Å². The van der Waals surface area contributed by atoms with Crippen molar-refractivity contribution in [3.8, 4) is 0 Å². The van der Waals surface area contributed by atoms with Crippen molar-refractivity contribution in [1.29, 1.82) is 0 Å². The van der Waals surface area contributed by atoms with Gasteiger partial charge in [-0.25, -0.2) is 9.59 Å². The van der Waals surface area contributed by atoms with Gasteiger partial charge in [-0.1, -0.05) is 35.4 Å². The number of amides is 2. The first-order valence-electron chi connectivity index (χ1n) is 26.0. The van der Waals surface area contributed by atoms with Crippen molar-refractivity contribution in [2.75, 3.05) is 13.1 Å². The van der Waals surface area contributed by atoms with Gasteiger partial charge < -0.3 is 28.4 Å². The average molecular weight is 821 g/mol. The van der Waals surface area contributed by atoms with Crippen LogP contribution < -0.4 is 0 Å². The van der Waals surface area contributed by atoms with Gasteiger partial charge >= 0.3 is 12.2 Å². The van der Waals surface area contributed by atoms with E-state index in [4.69, 9.17) is 25.9 Å². The lowest BCUT2D eigenvalue weighted by atomic mass is 10.0. The molecular weight excluding hydrogens is 749 g/mol. The molecule has 8 rings (SSSR count). The number of carbonyl (C=O) groups is 2. The molecule has 2 aliphatic heterocycles. The zero-order chi connectivity index (χ0) is 53.3. The fourth-order valence-corrected chi connectivity index (χ4v) is 7.26. The van der Waals surface area contributed by atoms with E-state index in [2.05, 4.69) is 9.97 Å². The van der Waals surface area contributed by atoms with Crippen molar-refractivity contribution >= 4 is 46.2 Å². The molecule has 10 heteroatoms. The standard InChI is InChI=1S/C25H31N3O2.C25H29N3O2/c2*1-17-6-9-22-20(14-17)21-16-27(24(29)30-25(3,4)5)12-11-23(21)28(22)13-10-19-8-7-18(2)26-15-19/h6-9,14-15H,10-13,16H2,1-5H3;6-10,13-15H,11-12,16H2,1-5H3/i1D3,10D2,13D2;1D3,10D,13D. The number of fused-ring (bicyclic) bond motifs is 6. The third-order valence-electron chi connectivity index (χ3n) is 10.0. The van der Waals surface area contributed by atoms with Gasteiger partial charge in [-0.3, -0.25) is 9.97 Å². The minimum absolute atomic E-state index is 0.00618. The molecule has 0 unspecified atom stereocenters. The molecule has 0 saturated heterocycles. The number of nitrogens with zero attached hydrogens (tertiary/aromatic N) is 6. The van der Waals surface area contributed by atoms with E-state index in [9.17, 15) is 9.59 Å². The van der Waals surface area contributed by atoms with E-state index >= 15 is 0 Å². The Labute approximate surface area is 371 Å². The molecule has 4 aromatic heterocycles. The molecule has 6 aromatic rings. The van der Waals surface area contributed by atoms with Gasteiger partial charge in [-0.05, 0) is 129 Å². The monoisotopic (exact) mass is 821 g/mol. The Kier molecular flexibility index (Phi) is 8.31. The van der Waals surface area contributed by atoms with Gasteiger partial charge in [0.2, 0.25) is 0 Å². The Bertz CT molecular complexity index is 3070. The molecule has 0 bridgehead atoms. The molecule has 6 heterocycles. The first kappa shape index (κ1) is 29.3. The summed E-state index contributed by atoms with van der Waals surface area (Å²) in [7, 11) is 0. The Morgan fingerprint density at radius 2 is 1.30 bits per heavy atom. The number of benzene rings is 2. The number of carbonyl (C=O) groups excluding carboxylic acids is 2. The molecule has 10 nitrogen and oxygen atoms in total. The third kappa shape index (κ3) is 9.75. The lowest BCUT2D eigenvalue weighted by molar-refractivity contribution is 0.0213. The van der Waals surface area contributed by atoms with Crippen molar-refractivity contribution in [1.82, 2.24) is 28.9 Å². The fraction of sp³-hybridized carbons (Fsp3) is 0.400. The molecule has 2 aliphatic rings.